The highest BCUT2D eigenvalue weighted by molar-refractivity contribution is 7.99. The summed E-state index contributed by atoms with van der Waals surface area (Å²) in [4.78, 5) is 0. The van der Waals surface area contributed by atoms with Crippen LogP contribution in [0, 0.1) is 0 Å². The molecule has 2 aromatic carbocycles. The van der Waals surface area contributed by atoms with Crippen LogP contribution in [0.4, 0.5) is 0 Å². The molecule has 0 unspecified atom stereocenters. The Morgan fingerprint density at radius 1 is 0.875 bits per heavy atom. The standard InChI is InChI=1S/C20H23N3S/c1-3-14-24-20-22-21-19(15-17-8-6-5-7-9-17)23(20)18-12-10-16(4-2)11-13-18/h5-13H,3-4,14-15H2,1-2H3. The number of nitrogens with zero attached hydrogens (tertiary/aromatic N) is 3. The van der Waals surface area contributed by atoms with Crippen LogP contribution >= 0.6 is 11.8 Å². The minimum Gasteiger partial charge on any atom is -0.274 e. The summed E-state index contributed by atoms with van der Waals surface area (Å²) >= 11 is 1.77. The molecular formula is C20H23N3S. The average molecular weight is 337 g/mol. The Labute approximate surface area is 148 Å². The van der Waals surface area contributed by atoms with E-state index in [2.05, 4.69) is 77.1 Å². The first-order valence-corrected chi connectivity index (χ1v) is 9.50. The van der Waals surface area contributed by atoms with Crippen LogP contribution in [0.5, 0.6) is 0 Å². The van der Waals surface area contributed by atoms with Gasteiger partial charge in [-0.1, -0.05) is 68.1 Å². The van der Waals surface area contributed by atoms with Crippen molar-refractivity contribution in [1.29, 1.82) is 0 Å². The quantitative estimate of drug-likeness (QED) is 0.573. The third-order valence-electron chi connectivity index (χ3n) is 3.94. The van der Waals surface area contributed by atoms with Crippen LogP contribution in [0.1, 0.15) is 37.2 Å². The number of aryl methyl sites for hydroxylation is 1. The molecule has 0 N–H and O–H groups in total. The molecule has 0 amide bonds. The molecule has 0 spiro atoms. The summed E-state index contributed by atoms with van der Waals surface area (Å²) in [6.07, 6.45) is 2.97. The molecule has 4 heteroatoms. The monoisotopic (exact) mass is 337 g/mol. The Hall–Kier alpha value is -2.07. The first-order chi connectivity index (χ1) is 11.8. The lowest BCUT2D eigenvalue weighted by Gasteiger charge is -2.11. The number of hydrogen-bond acceptors (Lipinski definition) is 3. The van der Waals surface area contributed by atoms with Gasteiger partial charge in [-0.05, 0) is 36.1 Å². The third kappa shape index (κ3) is 3.88. The van der Waals surface area contributed by atoms with Crippen LogP contribution < -0.4 is 0 Å². The maximum atomic E-state index is 4.48. The molecule has 0 aliphatic carbocycles. The number of rotatable bonds is 7. The minimum absolute atomic E-state index is 0.788. The van der Waals surface area contributed by atoms with Crippen molar-refractivity contribution in [2.24, 2.45) is 0 Å². The zero-order valence-electron chi connectivity index (χ0n) is 14.3. The Kier molecular flexibility index (Phi) is 5.70. The van der Waals surface area contributed by atoms with Crippen LogP contribution in [-0.4, -0.2) is 20.5 Å². The molecule has 124 valence electrons. The summed E-state index contributed by atoms with van der Waals surface area (Å²) in [6, 6.07) is 19.2. The van der Waals surface area contributed by atoms with Crippen molar-refractivity contribution in [3.05, 3.63) is 71.5 Å². The van der Waals surface area contributed by atoms with Crippen molar-refractivity contribution < 1.29 is 0 Å². The second kappa shape index (κ2) is 8.15. The maximum Gasteiger partial charge on any atom is 0.195 e. The van der Waals surface area contributed by atoms with Crippen molar-refractivity contribution in [3.8, 4) is 5.69 Å². The van der Waals surface area contributed by atoms with Gasteiger partial charge >= 0.3 is 0 Å². The molecule has 3 rings (SSSR count). The SMILES string of the molecule is CCCSc1nnc(Cc2ccccc2)n1-c1ccc(CC)cc1. The van der Waals surface area contributed by atoms with E-state index in [0.29, 0.717) is 0 Å². The zero-order chi connectivity index (χ0) is 16.8. The lowest BCUT2D eigenvalue weighted by molar-refractivity contribution is 0.845. The molecule has 0 radical (unpaired) electrons. The van der Waals surface area contributed by atoms with E-state index in [9.17, 15) is 0 Å². The van der Waals surface area contributed by atoms with E-state index in [-0.39, 0.29) is 0 Å². The molecule has 0 aliphatic heterocycles. The van der Waals surface area contributed by atoms with E-state index in [1.54, 1.807) is 11.8 Å². The van der Waals surface area contributed by atoms with E-state index in [4.69, 9.17) is 0 Å². The van der Waals surface area contributed by atoms with Gasteiger partial charge in [0, 0.05) is 17.9 Å². The molecule has 1 aromatic heterocycles. The minimum atomic E-state index is 0.788. The van der Waals surface area contributed by atoms with Crippen LogP contribution in [0.2, 0.25) is 0 Å². The van der Waals surface area contributed by atoms with E-state index in [1.807, 2.05) is 6.07 Å². The first-order valence-electron chi connectivity index (χ1n) is 8.52. The summed E-state index contributed by atoms with van der Waals surface area (Å²) < 4.78 is 2.20. The van der Waals surface area contributed by atoms with E-state index in [1.165, 1.54) is 11.1 Å². The molecule has 0 saturated heterocycles. The highest BCUT2D eigenvalue weighted by Crippen LogP contribution is 2.24. The van der Waals surface area contributed by atoms with E-state index in [0.717, 1.165) is 41.7 Å². The number of aromatic nitrogens is 3. The van der Waals surface area contributed by atoms with Crippen LogP contribution in [-0.2, 0) is 12.8 Å². The molecule has 0 fully saturated rings. The third-order valence-corrected chi connectivity index (χ3v) is 5.08. The Bertz CT molecular complexity index is 763. The fourth-order valence-corrected chi connectivity index (χ4v) is 3.45. The van der Waals surface area contributed by atoms with Gasteiger partial charge in [-0.2, -0.15) is 0 Å². The predicted octanol–water partition coefficient (Wildman–Crippen LogP) is 4.92. The van der Waals surface area contributed by atoms with Crippen LogP contribution in [0.3, 0.4) is 0 Å². The van der Waals surface area contributed by atoms with Crippen molar-refractivity contribution in [3.63, 3.8) is 0 Å². The second-order valence-electron chi connectivity index (χ2n) is 5.77. The predicted molar refractivity (Wildman–Crippen MR) is 101 cm³/mol. The number of thioether (sulfide) groups is 1. The van der Waals surface area contributed by atoms with Gasteiger partial charge in [-0.15, -0.1) is 10.2 Å². The van der Waals surface area contributed by atoms with Crippen LogP contribution in [0.25, 0.3) is 5.69 Å². The molecule has 3 nitrogen and oxygen atoms in total. The molecule has 0 saturated carbocycles. The summed E-state index contributed by atoms with van der Waals surface area (Å²) in [7, 11) is 0. The van der Waals surface area contributed by atoms with Gasteiger partial charge in [0.25, 0.3) is 0 Å². The highest BCUT2D eigenvalue weighted by atomic mass is 32.2. The Balaban J connectivity index is 1.97. The van der Waals surface area contributed by atoms with Crippen molar-refractivity contribution in [2.45, 2.75) is 38.3 Å². The van der Waals surface area contributed by atoms with Gasteiger partial charge in [0.05, 0.1) is 0 Å². The van der Waals surface area contributed by atoms with E-state index >= 15 is 0 Å². The van der Waals surface area contributed by atoms with Gasteiger partial charge in [0.2, 0.25) is 0 Å². The fourth-order valence-electron chi connectivity index (χ4n) is 2.62. The summed E-state index contributed by atoms with van der Waals surface area (Å²) in [5.74, 6) is 2.04. The Morgan fingerprint density at radius 3 is 2.29 bits per heavy atom. The molecule has 24 heavy (non-hydrogen) atoms. The zero-order valence-corrected chi connectivity index (χ0v) is 15.1. The van der Waals surface area contributed by atoms with Gasteiger partial charge < -0.3 is 0 Å². The van der Waals surface area contributed by atoms with Gasteiger partial charge in [0.15, 0.2) is 5.16 Å². The summed E-state index contributed by atoms with van der Waals surface area (Å²) in [6.45, 7) is 4.37. The molecule has 1 heterocycles. The Morgan fingerprint density at radius 2 is 1.62 bits per heavy atom. The number of benzene rings is 2. The smallest absolute Gasteiger partial charge is 0.195 e. The molecule has 0 atom stereocenters. The molecular weight excluding hydrogens is 314 g/mol. The van der Waals surface area contributed by atoms with Crippen molar-refractivity contribution in [2.75, 3.05) is 5.75 Å². The lowest BCUT2D eigenvalue weighted by atomic mass is 10.1. The fraction of sp³-hybridized carbons (Fsp3) is 0.300. The topological polar surface area (TPSA) is 30.7 Å². The summed E-state index contributed by atoms with van der Waals surface area (Å²) in [5.41, 5.74) is 3.74. The van der Waals surface area contributed by atoms with Gasteiger partial charge in [-0.3, -0.25) is 4.57 Å². The molecule has 3 aromatic rings. The maximum absolute atomic E-state index is 4.48. The first kappa shape index (κ1) is 16.8. The van der Waals surface area contributed by atoms with Crippen molar-refractivity contribution >= 4 is 11.8 Å². The summed E-state index contributed by atoms with van der Waals surface area (Å²) in [5, 5.41) is 9.90. The second-order valence-corrected chi connectivity index (χ2v) is 6.83. The van der Waals surface area contributed by atoms with Crippen LogP contribution in [0.15, 0.2) is 59.8 Å². The lowest BCUT2D eigenvalue weighted by Crippen LogP contribution is -2.04. The van der Waals surface area contributed by atoms with E-state index < -0.39 is 0 Å². The normalized spacial score (nSPS) is 10.9. The van der Waals surface area contributed by atoms with Gasteiger partial charge in [-0.25, -0.2) is 0 Å². The van der Waals surface area contributed by atoms with Crippen molar-refractivity contribution in [1.82, 2.24) is 14.8 Å². The number of hydrogen-bond donors (Lipinski definition) is 0. The molecule has 0 bridgehead atoms. The highest BCUT2D eigenvalue weighted by Gasteiger charge is 2.14. The average Bonchev–Trinajstić information content (AvgIpc) is 3.03. The largest absolute Gasteiger partial charge is 0.274 e. The molecule has 0 aliphatic rings. The van der Waals surface area contributed by atoms with Gasteiger partial charge in [0.1, 0.15) is 5.82 Å².